The van der Waals surface area contributed by atoms with Crippen LogP contribution in [0.3, 0.4) is 0 Å². The van der Waals surface area contributed by atoms with Crippen molar-refractivity contribution < 1.29 is 4.79 Å². The Kier molecular flexibility index (Phi) is 3.79. The fourth-order valence-corrected chi connectivity index (χ4v) is 3.40. The zero-order valence-electron chi connectivity index (χ0n) is 12.4. The van der Waals surface area contributed by atoms with E-state index in [1.54, 1.807) is 0 Å². The van der Waals surface area contributed by atoms with Gasteiger partial charge in [0, 0.05) is 18.0 Å². The Balaban J connectivity index is 1.56. The van der Waals surface area contributed by atoms with Crippen molar-refractivity contribution in [3.63, 3.8) is 0 Å². The Morgan fingerprint density at radius 3 is 2.85 bits per heavy atom. The second-order valence-electron chi connectivity index (χ2n) is 6.39. The highest BCUT2D eigenvalue weighted by atomic mass is 16.2. The Hall–Kier alpha value is -1.35. The van der Waals surface area contributed by atoms with Gasteiger partial charge in [-0.2, -0.15) is 0 Å². The zero-order chi connectivity index (χ0) is 14.1. The predicted octanol–water partition coefficient (Wildman–Crippen LogP) is 2.36. The van der Waals surface area contributed by atoms with E-state index in [1.165, 1.54) is 11.1 Å². The average molecular weight is 272 g/mol. The Morgan fingerprint density at radius 1 is 1.30 bits per heavy atom. The molecule has 1 saturated heterocycles. The van der Waals surface area contributed by atoms with Crippen LogP contribution in [-0.2, 0) is 4.79 Å². The molecule has 1 amide bonds. The van der Waals surface area contributed by atoms with E-state index < -0.39 is 0 Å². The van der Waals surface area contributed by atoms with Gasteiger partial charge < -0.3 is 10.6 Å². The second-order valence-corrected chi connectivity index (χ2v) is 6.39. The van der Waals surface area contributed by atoms with E-state index >= 15 is 0 Å². The summed E-state index contributed by atoms with van der Waals surface area (Å²) in [5, 5.41) is 6.67. The van der Waals surface area contributed by atoms with Crippen molar-refractivity contribution in [1.29, 1.82) is 0 Å². The first-order valence-electron chi connectivity index (χ1n) is 7.74. The van der Waals surface area contributed by atoms with Crippen molar-refractivity contribution in [2.45, 2.75) is 51.1 Å². The third kappa shape index (κ3) is 2.88. The van der Waals surface area contributed by atoms with Gasteiger partial charge in [0.1, 0.15) is 0 Å². The van der Waals surface area contributed by atoms with Crippen molar-refractivity contribution >= 4 is 5.91 Å². The molecule has 2 N–H and O–H groups in total. The molecule has 4 unspecified atom stereocenters. The topological polar surface area (TPSA) is 41.1 Å². The number of hydrogen-bond donors (Lipinski definition) is 2. The van der Waals surface area contributed by atoms with Crippen LogP contribution in [0.1, 0.15) is 43.2 Å². The molecule has 108 valence electrons. The Morgan fingerprint density at radius 2 is 2.10 bits per heavy atom. The van der Waals surface area contributed by atoms with E-state index in [2.05, 4.69) is 48.7 Å². The summed E-state index contributed by atoms with van der Waals surface area (Å²) in [7, 11) is 0. The molecule has 1 saturated carbocycles. The second kappa shape index (κ2) is 5.57. The summed E-state index contributed by atoms with van der Waals surface area (Å²) in [6, 6.07) is 9.31. The molecule has 0 radical (unpaired) electrons. The molecule has 1 aliphatic heterocycles. The number of benzene rings is 1. The molecular formula is C17H24N2O. The molecule has 0 aromatic heterocycles. The quantitative estimate of drug-likeness (QED) is 0.887. The standard InChI is InChI=1S/C17H24N2O/c1-11-5-3-4-6-14(11)15-10-16(15)17(20)19-13-7-8-18-12(2)9-13/h3-6,12-13,15-16,18H,7-10H2,1-2H3,(H,19,20). The van der Waals surface area contributed by atoms with Crippen molar-refractivity contribution in [2.24, 2.45) is 5.92 Å². The number of piperidine rings is 1. The molecule has 2 fully saturated rings. The summed E-state index contributed by atoms with van der Waals surface area (Å²) in [5.74, 6) is 0.897. The molecule has 4 atom stereocenters. The van der Waals surface area contributed by atoms with E-state index in [1.807, 2.05) is 0 Å². The maximum absolute atomic E-state index is 12.3. The first kappa shape index (κ1) is 13.6. The van der Waals surface area contributed by atoms with Crippen LogP contribution < -0.4 is 10.6 Å². The Labute approximate surface area is 121 Å². The maximum Gasteiger partial charge on any atom is 0.223 e. The highest BCUT2D eigenvalue weighted by Crippen LogP contribution is 2.48. The fraction of sp³-hybridized carbons (Fsp3) is 0.588. The molecule has 0 spiro atoms. The minimum atomic E-state index is 0.196. The molecule has 3 rings (SSSR count). The van der Waals surface area contributed by atoms with Gasteiger partial charge in [-0.05, 0) is 56.7 Å². The number of carbonyl (C=O) groups excluding carboxylic acids is 1. The lowest BCUT2D eigenvalue weighted by atomic mass is 10.00. The minimum Gasteiger partial charge on any atom is -0.353 e. The van der Waals surface area contributed by atoms with Gasteiger partial charge in [-0.3, -0.25) is 4.79 Å². The highest BCUT2D eigenvalue weighted by molar-refractivity contribution is 5.83. The number of hydrogen-bond acceptors (Lipinski definition) is 2. The maximum atomic E-state index is 12.3. The van der Waals surface area contributed by atoms with E-state index in [-0.39, 0.29) is 11.8 Å². The summed E-state index contributed by atoms with van der Waals surface area (Å²) in [5.41, 5.74) is 2.66. The third-order valence-corrected chi connectivity index (χ3v) is 4.69. The molecule has 20 heavy (non-hydrogen) atoms. The summed E-state index contributed by atoms with van der Waals surface area (Å²) in [4.78, 5) is 12.3. The lowest BCUT2D eigenvalue weighted by Gasteiger charge is -2.28. The van der Waals surface area contributed by atoms with Crippen molar-refractivity contribution in [3.05, 3.63) is 35.4 Å². The van der Waals surface area contributed by atoms with Gasteiger partial charge in [-0.1, -0.05) is 24.3 Å². The van der Waals surface area contributed by atoms with Gasteiger partial charge in [0.2, 0.25) is 5.91 Å². The lowest BCUT2D eigenvalue weighted by Crippen LogP contribution is -2.47. The number of rotatable bonds is 3. The van der Waals surface area contributed by atoms with E-state index in [0.29, 0.717) is 18.0 Å². The number of aryl methyl sites for hydroxylation is 1. The van der Waals surface area contributed by atoms with Crippen LogP contribution in [0.25, 0.3) is 0 Å². The molecular weight excluding hydrogens is 248 g/mol. The first-order valence-corrected chi connectivity index (χ1v) is 7.74. The molecule has 0 bridgehead atoms. The smallest absolute Gasteiger partial charge is 0.223 e. The van der Waals surface area contributed by atoms with Crippen molar-refractivity contribution in [3.8, 4) is 0 Å². The summed E-state index contributed by atoms with van der Waals surface area (Å²) < 4.78 is 0. The molecule has 3 heteroatoms. The summed E-state index contributed by atoms with van der Waals surface area (Å²) in [6.07, 6.45) is 3.11. The largest absolute Gasteiger partial charge is 0.353 e. The van der Waals surface area contributed by atoms with Gasteiger partial charge >= 0.3 is 0 Å². The minimum absolute atomic E-state index is 0.196. The van der Waals surface area contributed by atoms with E-state index in [9.17, 15) is 4.79 Å². The van der Waals surface area contributed by atoms with Crippen molar-refractivity contribution in [1.82, 2.24) is 10.6 Å². The van der Waals surface area contributed by atoms with Crippen molar-refractivity contribution in [2.75, 3.05) is 6.54 Å². The van der Waals surface area contributed by atoms with Crippen LogP contribution in [0.4, 0.5) is 0 Å². The molecule has 3 nitrogen and oxygen atoms in total. The van der Waals surface area contributed by atoms with E-state index in [4.69, 9.17) is 0 Å². The monoisotopic (exact) mass is 272 g/mol. The predicted molar refractivity (Wildman–Crippen MR) is 80.7 cm³/mol. The van der Waals surface area contributed by atoms with E-state index in [0.717, 1.165) is 25.8 Å². The number of carbonyl (C=O) groups is 1. The zero-order valence-corrected chi connectivity index (χ0v) is 12.4. The molecule has 2 aliphatic rings. The van der Waals surface area contributed by atoms with Crippen LogP contribution in [0.5, 0.6) is 0 Å². The third-order valence-electron chi connectivity index (χ3n) is 4.69. The van der Waals surface area contributed by atoms with Gasteiger partial charge in [-0.15, -0.1) is 0 Å². The summed E-state index contributed by atoms with van der Waals surface area (Å²) >= 11 is 0. The van der Waals surface area contributed by atoms with Crippen LogP contribution in [-0.4, -0.2) is 24.5 Å². The summed E-state index contributed by atoms with van der Waals surface area (Å²) in [6.45, 7) is 5.33. The van der Waals surface area contributed by atoms with Crippen LogP contribution in [0.2, 0.25) is 0 Å². The van der Waals surface area contributed by atoms with Gasteiger partial charge in [0.25, 0.3) is 0 Å². The molecule has 1 heterocycles. The first-order chi connectivity index (χ1) is 9.65. The number of nitrogens with one attached hydrogen (secondary N) is 2. The van der Waals surface area contributed by atoms with Gasteiger partial charge in [-0.25, -0.2) is 0 Å². The molecule has 1 aromatic carbocycles. The van der Waals surface area contributed by atoms with Crippen LogP contribution in [0, 0.1) is 12.8 Å². The molecule has 1 aliphatic carbocycles. The van der Waals surface area contributed by atoms with Crippen LogP contribution >= 0.6 is 0 Å². The fourth-order valence-electron chi connectivity index (χ4n) is 3.40. The SMILES string of the molecule is Cc1ccccc1C1CC1C(=O)NC1CCNC(C)C1. The lowest BCUT2D eigenvalue weighted by molar-refractivity contribution is -0.123. The Bertz CT molecular complexity index is 500. The molecule has 1 aromatic rings. The number of amides is 1. The van der Waals surface area contributed by atoms with Crippen LogP contribution in [0.15, 0.2) is 24.3 Å². The highest BCUT2D eigenvalue weighted by Gasteiger charge is 2.44. The van der Waals surface area contributed by atoms with Gasteiger partial charge in [0.05, 0.1) is 0 Å². The normalized spacial score (nSPS) is 32.7. The van der Waals surface area contributed by atoms with Gasteiger partial charge in [0.15, 0.2) is 0 Å². The average Bonchev–Trinajstić information content (AvgIpc) is 3.19.